The number of rotatable bonds is 9. The summed E-state index contributed by atoms with van der Waals surface area (Å²) in [7, 11) is 1.57. The summed E-state index contributed by atoms with van der Waals surface area (Å²) in [4.78, 5) is 48.1. The van der Waals surface area contributed by atoms with Crippen LogP contribution in [-0.4, -0.2) is 65.5 Å². The second-order valence-corrected chi connectivity index (χ2v) is 9.80. The number of ether oxygens (including phenoxy) is 1. The second-order valence-electron chi connectivity index (χ2n) is 9.80. The van der Waals surface area contributed by atoms with Gasteiger partial charge in [0.15, 0.2) is 0 Å². The number of nitrogens with two attached hydrogens (primary N) is 1. The highest BCUT2D eigenvalue weighted by atomic mass is 16.5. The van der Waals surface area contributed by atoms with Crippen molar-refractivity contribution in [3.05, 3.63) is 47.7 Å². The molecule has 1 aliphatic heterocycles. The van der Waals surface area contributed by atoms with Gasteiger partial charge in [0.05, 0.1) is 30.1 Å². The third kappa shape index (κ3) is 5.64. The minimum Gasteiger partial charge on any atom is -0.394 e. The van der Waals surface area contributed by atoms with Crippen molar-refractivity contribution < 1.29 is 19.1 Å². The highest BCUT2D eigenvalue weighted by molar-refractivity contribution is 5.98. The number of nitrogens with one attached hydrogen (secondary N) is 1. The molecule has 0 radical (unpaired) electrons. The van der Waals surface area contributed by atoms with Gasteiger partial charge in [0.1, 0.15) is 11.6 Å². The minimum atomic E-state index is -0.609. The first-order valence-corrected chi connectivity index (χ1v) is 11.9. The standard InChI is InChI=1S/C25H36N6O4/c1-7-12-30-21(20(26)16(2)31(24(30)34)18-9-10-18)28-22(32)17-8-11-19(27-15-17)29(13-14-35-6)23(33)25(3,4)5/h8,11,15,18H,2,7,9-10,12-14,26H2,1,3-6H3,(H,28,32). The molecule has 0 bridgehead atoms. The van der Waals surface area contributed by atoms with E-state index in [9.17, 15) is 14.4 Å². The van der Waals surface area contributed by atoms with Crippen LogP contribution in [0.3, 0.4) is 0 Å². The largest absolute Gasteiger partial charge is 0.394 e. The predicted molar refractivity (Wildman–Crippen MR) is 133 cm³/mol. The Balaban J connectivity index is 1.83. The molecule has 3 rings (SSSR count). The second kappa shape index (κ2) is 10.5. The van der Waals surface area contributed by atoms with Crippen molar-refractivity contribution in [2.75, 3.05) is 31.7 Å². The zero-order valence-electron chi connectivity index (χ0n) is 21.3. The molecule has 1 aromatic heterocycles. The molecule has 3 N–H and O–H groups in total. The first kappa shape index (κ1) is 26.2. The lowest BCUT2D eigenvalue weighted by Gasteiger charge is -2.38. The number of carbonyl (C=O) groups is 3. The van der Waals surface area contributed by atoms with Crippen molar-refractivity contribution >= 4 is 23.7 Å². The first-order chi connectivity index (χ1) is 16.5. The Morgan fingerprint density at radius 2 is 2.00 bits per heavy atom. The number of pyridine rings is 1. The van der Waals surface area contributed by atoms with E-state index in [0.29, 0.717) is 37.6 Å². The fourth-order valence-electron chi connectivity index (χ4n) is 3.80. The van der Waals surface area contributed by atoms with Crippen molar-refractivity contribution in [2.45, 2.75) is 53.0 Å². The van der Waals surface area contributed by atoms with E-state index in [1.54, 1.807) is 29.0 Å². The summed E-state index contributed by atoms with van der Waals surface area (Å²) in [5, 5.41) is 2.78. The maximum Gasteiger partial charge on any atom is 0.330 e. The van der Waals surface area contributed by atoms with Gasteiger partial charge >= 0.3 is 6.03 Å². The molecule has 1 aliphatic carbocycles. The smallest absolute Gasteiger partial charge is 0.330 e. The van der Waals surface area contributed by atoms with Gasteiger partial charge in [-0.25, -0.2) is 9.78 Å². The van der Waals surface area contributed by atoms with Crippen molar-refractivity contribution in [1.29, 1.82) is 0 Å². The van der Waals surface area contributed by atoms with Gasteiger partial charge in [-0.1, -0.05) is 34.3 Å². The average Bonchev–Trinajstić information content (AvgIpc) is 3.65. The number of methoxy groups -OCH3 is 1. The molecule has 0 aromatic carbocycles. The van der Waals surface area contributed by atoms with Crippen LogP contribution >= 0.6 is 0 Å². The number of carbonyl (C=O) groups excluding carboxylic acids is 3. The van der Waals surface area contributed by atoms with Crippen molar-refractivity contribution in [3.8, 4) is 0 Å². The lowest BCUT2D eigenvalue weighted by atomic mass is 9.94. The topological polar surface area (TPSA) is 121 Å². The Kier molecular flexibility index (Phi) is 7.84. The van der Waals surface area contributed by atoms with Crippen LogP contribution in [0.2, 0.25) is 0 Å². The zero-order chi connectivity index (χ0) is 25.9. The van der Waals surface area contributed by atoms with Crippen LogP contribution < -0.4 is 16.0 Å². The fraction of sp³-hybridized carbons (Fsp3) is 0.520. The summed E-state index contributed by atoms with van der Waals surface area (Å²) >= 11 is 0. The van der Waals surface area contributed by atoms with E-state index in [1.165, 1.54) is 11.1 Å². The first-order valence-electron chi connectivity index (χ1n) is 11.9. The van der Waals surface area contributed by atoms with Crippen LogP contribution in [0.5, 0.6) is 0 Å². The summed E-state index contributed by atoms with van der Waals surface area (Å²) < 4.78 is 5.14. The van der Waals surface area contributed by atoms with Crippen molar-refractivity contribution in [3.63, 3.8) is 0 Å². The number of nitrogens with zero attached hydrogens (tertiary/aromatic N) is 4. The van der Waals surface area contributed by atoms with Crippen LogP contribution in [-0.2, 0) is 9.53 Å². The molecule has 10 heteroatoms. The van der Waals surface area contributed by atoms with Gasteiger partial charge in [-0.2, -0.15) is 0 Å². The lowest BCUT2D eigenvalue weighted by molar-refractivity contribution is -0.126. The monoisotopic (exact) mass is 484 g/mol. The fourth-order valence-corrected chi connectivity index (χ4v) is 3.80. The Hall–Kier alpha value is -3.40. The number of hydrogen-bond donors (Lipinski definition) is 2. The number of amides is 4. The van der Waals surface area contributed by atoms with Gasteiger partial charge in [0.2, 0.25) is 5.91 Å². The SMILES string of the molecule is C=C1C(N)=C(NC(=O)c2ccc(N(CCOC)C(=O)C(C)(C)C)nc2)N(CCC)C(=O)N1C1CC1. The van der Waals surface area contributed by atoms with Crippen LogP contribution in [0.15, 0.2) is 42.1 Å². The number of aromatic nitrogens is 1. The van der Waals surface area contributed by atoms with Crippen molar-refractivity contribution in [2.24, 2.45) is 11.1 Å². The van der Waals surface area contributed by atoms with Gasteiger partial charge in [-0.05, 0) is 31.4 Å². The molecule has 10 nitrogen and oxygen atoms in total. The summed E-state index contributed by atoms with van der Waals surface area (Å²) in [5.74, 6) is 0.0876. The molecule has 0 spiro atoms. The van der Waals surface area contributed by atoms with E-state index in [4.69, 9.17) is 10.5 Å². The summed E-state index contributed by atoms with van der Waals surface area (Å²) in [5.41, 5.74) is 6.66. The van der Waals surface area contributed by atoms with Crippen LogP contribution in [0, 0.1) is 5.41 Å². The number of anilines is 1. The quantitative estimate of drug-likeness (QED) is 0.556. The number of urea groups is 1. The summed E-state index contributed by atoms with van der Waals surface area (Å²) in [6.07, 6.45) is 3.92. The molecule has 1 saturated carbocycles. The van der Waals surface area contributed by atoms with Crippen LogP contribution in [0.25, 0.3) is 0 Å². The highest BCUT2D eigenvalue weighted by Crippen LogP contribution is 2.36. The van der Waals surface area contributed by atoms with Gasteiger partial charge in [-0.3, -0.25) is 24.3 Å². The third-order valence-corrected chi connectivity index (χ3v) is 5.85. The molecule has 35 heavy (non-hydrogen) atoms. The van der Waals surface area contributed by atoms with E-state index in [2.05, 4.69) is 16.9 Å². The molecule has 2 aliphatic rings. The molecule has 1 fully saturated rings. The predicted octanol–water partition coefficient (Wildman–Crippen LogP) is 2.79. The zero-order valence-corrected chi connectivity index (χ0v) is 21.3. The van der Waals surface area contributed by atoms with Crippen molar-refractivity contribution in [1.82, 2.24) is 20.1 Å². The molecule has 190 valence electrons. The van der Waals surface area contributed by atoms with Crippen LogP contribution in [0.1, 0.15) is 57.3 Å². The van der Waals surface area contributed by atoms with E-state index >= 15 is 0 Å². The van der Waals surface area contributed by atoms with Gasteiger partial charge in [0.25, 0.3) is 5.91 Å². The van der Waals surface area contributed by atoms with E-state index < -0.39 is 11.3 Å². The summed E-state index contributed by atoms with van der Waals surface area (Å²) in [6, 6.07) is 3.09. The average molecular weight is 485 g/mol. The molecule has 1 aromatic rings. The number of hydrogen-bond acceptors (Lipinski definition) is 6. The molecular formula is C25H36N6O4. The van der Waals surface area contributed by atoms with Gasteiger partial charge in [-0.15, -0.1) is 0 Å². The van der Waals surface area contributed by atoms with E-state index in [0.717, 1.165) is 12.8 Å². The van der Waals surface area contributed by atoms with E-state index in [-0.39, 0.29) is 35.1 Å². The lowest BCUT2D eigenvalue weighted by Crippen LogP contribution is -2.53. The normalized spacial score (nSPS) is 16.6. The highest BCUT2D eigenvalue weighted by Gasteiger charge is 2.42. The van der Waals surface area contributed by atoms with Gasteiger partial charge in [0, 0.05) is 31.3 Å². The molecule has 0 saturated heterocycles. The third-order valence-electron chi connectivity index (χ3n) is 5.85. The molecular weight excluding hydrogens is 448 g/mol. The Labute approximate surface area is 206 Å². The minimum absolute atomic E-state index is 0.105. The van der Waals surface area contributed by atoms with Crippen LogP contribution in [0.4, 0.5) is 10.6 Å². The van der Waals surface area contributed by atoms with Gasteiger partial charge < -0.3 is 15.8 Å². The maximum absolute atomic E-state index is 13.1. The maximum atomic E-state index is 13.1. The Bertz CT molecular complexity index is 1020. The Morgan fingerprint density at radius 3 is 2.51 bits per heavy atom. The van der Waals surface area contributed by atoms with E-state index in [1.807, 2.05) is 27.7 Å². The Morgan fingerprint density at radius 1 is 1.31 bits per heavy atom. The molecule has 4 amide bonds. The summed E-state index contributed by atoms with van der Waals surface area (Å²) in [6.45, 7) is 12.5. The molecule has 0 atom stereocenters. The molecule has 2 heterocycles. The molecule has 0 unspecified atom stereocenters.